The average Bonchev–Trinajstić information content (AvgIpc) is 2.36. The molecule has 0 aliphatic rings. The van der Waals surface area contributed by atoms with E-state index in [4.69, 9.17) is 4.74 Å². The quantitative estimate of drug-likeness (QED) is 0.474. The first kappa shape index (κ1) is 13.8. The molecule has 1 rings (SSSR count). The summed E-state index contributed by atoms with van der Waals surface area (Å²) >= 11 is 1.36. The normalized spacial score (nSPS) is 10.1. The third-order valence-electron chi connectivity index (χ3n) is 1.96. The fourth-order valence-corrected chi connectivity index (χ4v) is 1.88. The molecule has 0 fully saturated rings. The van der Waals surface area contributed by atoms with Crippen molar-refractivity contribution in [2.45, 2.75) is 25.3 Å². The van der Waals surface area contributed by atoms with E-state index >= 15 is 0 Å². The highest BCUT2D eigenvalue weighted by molar-refractivity contribution is 7.99. The SMILES string of the molecule is CCOC(=O)CSc1cc(NC)nc(CC)n1. The summed E-state index contributed by atoms with van der Waals surface area (Å²) in [7, 11) is 1.81. The second kappa shape index (κ2) is 7.11. The van der Waals surface area contributed by atoms with Crippen LogP contribution in [0.4, 0.5) is 5.82 Å². The van der Waals surface area contributed by atoms with Crippen molar-refractivity contribution in [1.82, 2.24) is 9.97 Å². The highest BCUT2D eigenvalue weighted by Crippen LogP contribution is 2.18. The number of aromatic nitrogens is 2. The summed E-state index contributed by atoms with van der Waals surface area (Å²) in [5, 5.41) is 3.76. The van der Waals surface area contributed by atoms with Gasteiger partial charge in [0.1, 0.15) is 16.7 Å². The molecule has 0 amide bonds. The van der Waals surface area contributed by atoms with Crippen LogP contribution in [0.2, 0.25) is 0 Å². The topological polar surface area (TPSA) is 64.1 Å². The number of esters is 1. The monoisotopic (exact) mass is 255 g/mol. The molecule has 0 aliphatic heterocycles. The molecule has 0 aliphatic carbocycles. The van der Waals surface area contributed by atoms with E-state index in [0.717, 1.165) is 23.1 Å². The molecule has 1 N–H and O–H groups in total. The van der Waals surface area contributed by atoms with Crippen LogP contribution in [0, 0.1) is 0 Å². The predicted molar refractivity (Wildman–Crippen MR) is 68.3 cm³/mol. The van der Waals surface area contributed by atoms with Crippen LogP contribution < -0.4 is 5.32 Å². The Balaban J connectivity index is 2.66. The van der Waals surface area contributed by atoms with Crippen LogP contribution in [0.15, 0.2) is 11.1 Å². The van der Waals surface area contributed by atoms with Gasteiger partial charge >= 0.3 is 5.97 Å². The maximum atomic E-state index is 11.2. The minimum Gasteiger partial charge on any atom is -0.465 e. The first-order chi connectivity index (χ1) is 8.19. The van der Waals surface area contributed by atoms with Crippen LogP contribution in [0.25, 0.3) is 0 Å². The van der Waals surface area contributed by atoms with Crippen LogP contribution in [-0.2, 0) is 16.0 Å². The van der Waals surface area contributed by atoms with E-state index in [0.29, 0.717) is 6.61 Å². The predicted octanol–water partition coefficient (Wildman–Crippen LogP) is 1.74. The van der Waals surface area contributed by atoms with E-state index in [-0.39, 0.29) is 11.7 Å². The zero-order chi connectivity index (χ0) is 12.7. The van der Waals surface area contributed by atoms with E-state index in [9.17, 15) is 4.79 Å². The van der Waals surface area contributed by atoms with Gasteiger partial charge in [-0.1, -0.05) is 18.7 Å². The number of hydrogen-bond donors (Lipinski definition) is 1. The third-order valence-corrected chi connectivity index (χ3v) is 2.85. The molecule has 0 saturated heterocycles. The summed E-state index contributed by atoms with van der Waals surface area (Å²) in [4.78, 5) is 19.8. The molecule has 94 valence electrons. The fourth-order valence-electron chi connectivity index (χ4n) is 1.17. The Bertz CT molecular complexity index is 363. The summed E-state index contributed by atoms with van der Waals surface area (Å²) in [6, 6.07) is 1.82. The maximum absolute atomic E-state index is 11.2. The second-order valence-corrected chi connectivity index (χ2v) is 4.20. The summed E-state index contributed by atoms with van der Waals surface area (Å²) in [5.41, 5.74) is 0. The zero-order valence-electron chi connectivity index (χ0n) is 10.3. The zero-order valence-corrected chi connectivity index (χ0v) is 11.1. The van der Waals surface area contributed by atoms with Gasteiger partial charge in [-0.2, -0.15) is 0 Å². The molecule has 1 aromatic rings. The first-order valence-corrected chi connectivity index (χ1v) is 6.52. The number of anilines is 1. The first-order valence-electron chi connectivity index (χ1n) is 5.53. The number of carbonyl (C=O) groups excluding carboxylic acids is 1. The molecule has 0 aromatic carbocycles. The molecule has 0 radical (unpaired) electrons. The van der Waals surface area contributed by atoms with E-state index in [2.05, 4.69) is 15.3 Å². The highest BCUT2D eigenvalue weighted by atomic mass is 32.2. The fraction of sp³-hybridized carbons (Fsp3) is 0.545. The smallest absolute Gasteiger partial charge is 0.316 e. The lowest BCUT2D eigenvalue weighted by atomic mass is 10.4. The van der Waals surface area contributed by atoms with Crippen molar-refractivity contribution in [3.63, 3.8) is 0 Å². The van der Waals surface area contributed by atoms with Crippen LogP contribution in [0.3, 0.4) is 0 Å². The minimum atomic E-state index is -0.222. The standard InChI is InChI=1S/C11H17N3O2S/c1-4-8-13-9(12-3)6-10(14-8)17-7-11(15)16-5-2/h6H,4-5,7H2,1-3H3,(H,12,13,14). The van der Waals surface area contributed by atoms with Crippen molar-refractivity contribution in [3.05, 3.63) is 11.9 Å². The van der Waals surface area contributed by atoms with Gasteiger partial charge in [-0.15, -0.1) is 0 Å². The number of nitrogens with one attached hydrogen (secondary N) is 1. The molecule has 0 unspecified atom stereocenters. The number of rotatable bonds is 6. The van der Waals surface area contributed by atoms with Gasteiger partial charge in [0, 0.05) is 19.5 Å². The maximum Gasteiger partial charge on any atom is 0.316 e. The molecule has 0 atom stereocenters. The van der Waals surface area contributed by atoms with Crippen LogP contribution in [0.1, 0.15) is 19.7 Å². The summed E-state index contributed by atoms with van der Waals surface area (Å²) < 4.78 is 4.86. The second-order valence-electron chi connectivity index (χ2n) is 3.20. The Hall–Kier alpha value is -1.30. The molecule has 0 saturated carbocycles. The van der Waals surface area contributed by atoms with Gasteiger partial charge in [0.25, 0.3) is 0 Å². The molecule has 0 spiro atoms. The average molecular weight is 255 g/mol. The van der Waals surface area contributed by atoms with E-state index < -0.39 is 0 Å². The van der Waals surface area contributed by atoms with Crippen molar-refractivity contribution in [2.75, 3.05) is 24.7 Å². The third kappa shape index (κ3) is 4.60. The van der Waals surface area contributed by atoms with Gasteiger partial charge in [0.05, 0.1) is 12.4 Å². The number of nitrogens with zero attached hydrogens (tertiary/aromatic N) is 2. The van der Waals surface area contributed by atoms with Gasteiger partial charge in [0.2, 0.25) is 0 Å². The minimum absolute atomic E-state index is 0.222. The number of hydrogen-bond acceptors (Lipinski definition) is 6. The van der Waals surface area contributed by atoms with Crippen molar-refractivity contribution in [2.24, 2.45) is 0 Å². The number of ether oxygens (including phenoxy) is 1. The molecule has 17 heavy (non-hydrogen) atoms. The largest absolute Gasteiger partial charge is 0.465 e. The molecule has 5 nitrogen and oxygen atoms in total. The lowest BCUT2D eigenvalue weighted by Gasteiger charge is -2.06. The summed E-state index contributed by atoms with van der Waals surface area (Å²) in [6.45, 7) is 4.20. The number of aryl methyl sites for hydroxylation is 1. The van der Waals surface area contributed by atoms with Crippen molar-refractivity contribution in [1.29, 1.82) is 0 Å². The summed E-state index contributed by atoms with van der Waals surface area (Å²) in [6.07, 6.45) is 0.766. The summed E-state index contributed by atoms with van der Waals surface area (Å²) in [5.74, 6) is 1.59. The van der Waals surface area contributed by atoms with E-state index in [1.165, 1.54) is 11.8 Å². The number of carbonyl (C=O) groups is 1. The van der Waals surface area contributed by atoms with Gasteiger partial charge < -0.3 is 10.1 Å². The number of thioether (sulfide) groups is 1. The lowest BCUT2D eigenvalue weighted by Crippen LogP contribution is -2.07. The molecule has 6 heteroatoms. The Kier molecular flexibility index (Phi) is 5.76. The Morgan fingerprint density at radius 1 is 1.47 bits per heavy atom. The van der Waals surface area contributed by atoms with Crippen LogP contribution in [-0.4, -0.2) is 35.3 Å². The van der Waals surface area contributed by atoms with Gasteiger partial charge in [-0.3, -0.25) is 4.79 Å². The highest BCUT2D eigenvalue weighted by Gasteiger charge is 2.07. The Labute approximate surface area is 105 Å². The molecule has 0 bridgehead atoms. The molecular weight excluding hydrogens is 238 g/mol. The molecular formula is C11H17N3O2S. The van der Waals surface area contributed by atoms with Gasteiger partial charge in [0.15, 0.2) is 0 Å². The Morgan fingerprint density at radius 2 is 2.24 bits per heavy atom. The van der Waals surface area contributed by atoms with E-state index in [1.54, 1.807) is 6.92 Å². The van der Waals surface area contributed by atoms with Crippen LogP contribution >= 0.6 is 11.8 Å². The Morgan fingerprint density at radius 3 is 2.82 bits per heavy atom. The molecule has 1 heterocycles. The lowest BCUT2D eigenvalue weighted by molar-refractivity contribution is -0.139. The van der Waals surface area contributed by atoms with Gasteiger partial charge in [-0.05, 0) is 6.92 Å². The van der Waals surface area contributed by atoms with Crippen molar-refractivity contribution < 1.29 is 9.53 Å². The van der Waals surface area contributed by atoms with Crippen molar-refractivity contribution in [3.8, 4) is 0 Å². The van der Waals surface area contributed by atoms with E-state index in [1.807, 2.05) is 20.0 Å². The van der Waals surface area contributed by atoms with Gasteiger partial charge in [-0.25, -0.2) is 9.97 Å². The van der Waals surface area contributed by atoms with Crippen LogP contribution in [0.5, 0.6) is 0 Å². The van der Waals surface area contributed by atoms with Crippen molar-refractivity contribution >= 4 is 23.5 Å². The molecule has 1 aromatic heterocycles.